The van der Waals surface area contributed by atoms with Crippen molar-refractivity contribution in [2.45, 2.75) is 45.2 Å². The highest BCUT2D eigenvalue weighted by Crippen LogP contribution is 2.66. The molecule has 1 heteroatoms. The SMILES string of the molecule is C[B]C1C(C)C1CC1CC12C=CCC2. The molecule has 3 aliphatic carbocycles. The molecule has 0 heterocycles. The van der Waals surface area contributed by atoms with E-state index >= 15 is 0 Å². The summed E-state index contributed by atoms with van der Waals surface area (Å²) < 4.78 is 0. The van der Waals surface area contributed by atoms with Gasteiger partial charge in [0.1, 0.15) is 7.28 Å². The van der Waals surface area contributed by atoms with E-state index in [2.05, 4.69) is 33.2 Å². The fourth-order valence-electron chi connectivity index (χ4n) is 3.81. The lowest BCUT2D eigenvalue weighted by atomic mass is 9.73. The fourth-order valence-corrected chi connectivity index (χ4v) is 3.81. The van der Waals surface area contributed by atoms with E-state index in [1.54, 1.807) is 0 Å². The molecular formula is C13H20B. The van der Waals surface area contributed by atoms with E-state index in [-0.39, 0.29) is 0 Å². The molecule has 0 nitrogen and oxygen atoms in total. The zero-order valence-corrected chi connectivity index (χ0v) is 9.37. The first kappa shape index (κ1) is 9.06. The lowest BCUT2D eigenvalue weighted by molar-refractivity contribution is 0.497. The van der Waals surface area contributed by atoms with Crippen LogP contribution in [0.5, 0.6) is 0 Å². The third-order valence-corrected chi connectivity index (χ3v) is 5.08. The van der Waals surface area contributed by atoms with Gasteiger partial charge in [0, 0.05) is 0 Å². The number of hydrogen-bond donors (Lipinski definition) is 0. The molecule has 3 rings (SSSR count). The Balaban J connectivity index is 1.54. The first-order chi connectivity index (χ1) is 6.77. The van der Waals surface area contributed by atoms with Crippen molar-refractivity contribution in [1.29, 1.82) is 0 Å². The maximum Gasteiger partial charge on any atom is 0.110 e. The molecule has 0 aromatic heterocycles. The van der Waals surface area contributed by atoms with Crippen molar-refractivity contribution >= 4 is 7.28 Å². The van der Waals surface area contributed by atoms with Gasteiger partial charge in [-0.05, 0) is 48.9 Å². The molecule has 0 bridgehead atoms. The van der Waals surface area contributed by atoms with Gasteiger partial charge in [-0.2, -0.15) is 0 Å². The summed E-state index contributed by atoms with van der Waals surface area (Å²) in [6.45, 7) is 4.66. The maximum atomic E-state index is 2.52. The Hall–Kier alpha value is -0.195. The van der Waals surface area contributed by atoms with Crippen molar-refractivity contribution in [3.05, 3.63) is 12.2 Å². The maximum absolute atomic E-state index is 2.52. The Kier molecular flexibility index (Phi) is 1.88. The quantitative estimate of drug-likeness (QED) is 0.468. The van der Waals surface area contributed by atoms with Crippen LogP contribution in [0.4, 0.5) is 0 Å². The van der Waals surface area contributed by atoms with Crippen molar-refractivity contribution in [1.82, 2.24) is 0 Å². The molecule has 3 aliphatic rings. The summed E-state index contributed by atoms with van der Waals surface area (Å²) in [5.41, 5.74) is 0.709. The summed E-state index contributed by atoms with van der Waals surface area (Å²) in [6.07, 6.45) is 10.7. The molecule has 0 amide bonds. The van der Waals surface area contributed by atoms with Crippen LogP contribution < -0.4 is 0 Å². The van der Waals surface area contributed by atoms with Crippen LogP contribution in [-0.2, 0) is 0 Å². The standard InChI is InChI=1S/C13H20B/c1-9-11(12(9)14-2)7-10-8-13(10)5-3-4-6-13/h3,5,9-12H,4,6-8H2,1-2H3. The normalized spacial score (nSPS) is 53.9. The summed E-state index contributed by atoms with van der Waals surface area (Å²) in [7, 11) is 2.43. The topological polar surface area (TPSA) is 0 Å². The molecule has 0 saturated heterocycles. The van der Waals surface area contributed by atoms with Crippen molar-refractivity contribution in [2.24, 2.45) is 23.2 Å². The van der Waals surface area contributed by atoms with Gasteiger partial charge in [-0.3, -0.25) is 0 Å². The molecule has 0 N–H and O–H groups in total. The highest BCUT2D eigenvalue weighted by Gasteiger charge is 2.56. The minimum Gasteiger partial charge on any atom is -0.0917 e. The van der Waals surface area contributed by atoms with Gasteiger partial charge in [-0.15, -0.1) is 0 Å². The Morgan fingerprint density at radius 3 is 2.93 bits per heavy atom. The minimum absolute atomic E-state index is 0.709. The molecule has 5 unspecified atom stereocenters. The van der Waals surface area contributed by atoms with E-state index < -0.39 is 0 Å². The molecule has 0 aromatic rings. The van der Waals surface area contributed by atoms with Crippen molar-refractivity contribution < 1.29 is 0 Å². The van der Waals surface area contributed by atoms with Gasteiger partial charge in [-0.25, -0.2) is 0 Å². The van der Waals surface area contributed by atoms with Gasteiger partial charge in [-0.1, -0.05) is 31.7 Å². The zero-order chi connectivity index (χ0) is 9.76. The number of hydrogen-bond acceptors (Lipinski definition) is 0. The second-order valence-corrected chi connectivity index (χ2v) is 5.74. The largest absolute Gasteiger partial charge is 0.110 e. The molecular weight excluding hydrogens is 167 g/mol. The molecule has 0 aliphatic heterocycles. The number of rotatable bonds is 3. The Labute approximate surface area is 88.4 Å². The van der Waals surface area contributed by atoms with Crippen LogP contribution >= 0.6 is 0 Å². The van der Waals surface area contributed by atoms with Crippen molar-refractivity contribution in [3.63, 3.8) is 0 Å². The van der Waals surface area contributed by atoms with E-state index in [1.807, 2.05) is 0 Å². The molecule has 1 spiro atoms. The predicted octanol–water partition coefficient (Wildman–Crippen LogP) is 3.54. The van der Waals surface area contributed by atoms with E-state index in [0.29, 0.717) is 5.41 Å². The first-order valence-corrected chi connectivity index (χ1v) is 6.24. The first-order valence-electron chi connectivity index (χ1n) is 6.24. The molecule has 14 heavy (non-hydrogen) atoms. The van der Waals surface area contributed by atoms with Crippen molar-refractivity contribution in [2.75, 3.05) is 0 Å². The Bertz CT molecular complexity index is 270. The summed E-state index contributed by atoms with van der Waals surface area (Å²) in [6, 6.07) is 0. The molecule has 1 radical (unpaired) electrons. The molecule has 2 saturated carbocycles. The van der Waals surface area contributed by atoms with Crippen LogP contribution in [0.3, 0.4) is 0 Å². The van der Waals surface area contributed by atoms with Crippen LogP contribution in [-0.4, -0.2) is 7.28 Å². The summed E-state index contributed by atoms with van der Waals surface area (Å²) >= 11 is 0. The average molecular weight is 187 g/mol. The van der Waals surface area contributed by atoms with E-state index in [1.165, 1.54) is 25.7 Å². The molecule has 5 atom stereocenters. The molecule has 75 valence electrons. The van der Waals surface area contributed by atoms with Gasteiger partial charge in [0.2, 0.25) is 0 Å². The summed E-state index contributed by atoms with van der Waals surface area (Å²) in [4.78, 5) is 0. The van der Waals surface area contributed by atoms with E-state index in [4.69, 9.17) is 0 Å². The van der Waals surface area contributed by atoms with Gasteiger partial charge in [0.05, 0.1) is 0 Å². The third-order valence-electron chi connectivity index (χ3n) is 5.08. The van der Waals surface area contributed by atoms with Gasteiger partial charge in [0.15, 0.2) is 0 Å². The summed E-state index contributed by atoms with van der Waals surface area (Å²) in [5, 5.41) is 0. The zero-order valence-electron chi connectivity index (χ0n) is 9.37. The smallest absolute Gasteiger partial charge is 0.0917 e. The second-order valence-electron chi connectivity index (χ2n) is 5.74. The minimum atomic E-state index is 0.709. The van der Waals surface area contributed by atoms with Crippen LogP contribution in [0.1, 0.15) is 32.6 Å². The summed E-state index contributed by atoms with van der Waals surface area (Å²) in [5.74, 6) is 4.04. The van der Waals surface area contributed by atoms with Gasteiger partial charge < -0.3 is 0 Å². The Morgan fingerprint density at radius 1 is 1.50 bits per heavy atom. The average Bonchev–Trinajstić information content (AvgIpc) is 2.90. The monoisotopic (exact) mass is 187 g/mol. The molecule has 2 fully saturated rings. The van der Waals surface area contributed by atoms with Gasteiger partial charge in [0.25, 0.3) is 0 Å². The Morgan fingerprint density at radius 2 is 2.36 bits per heavy atom. The van der Waals surface area contributed by atoms with Crippen LogP contribution in [0.15, 0.2) is 12.2 Å². The highest BCUT2D eigenvalue weighted by molar-refractivity contribution is 6.37. The predicted molar refractivity (Wildman–Crippen MR) is 61.6 cm³/mol. The fraction of sp³-hybridized carbons (Fsp3) is 0.846. The van der Waals surface area contributed by atoms with Crippen LogP contribution in [0, 0.1) is 23.2 Å². The lowest BCUT2D eigenvalue weighted by Gasteiger charge is -2.05. The van der Waals surface area contributed by atoms with E-state index in [9.17, 15) is 0 Å². The third kappa shape index (κ3) is 1.21. The molecule has 0 aromatic carbocycles. The lowest BCUT2D eigenvalue weighted by Crippen LogP contribution is -1.97. The van der Waals surface area contributed by atoms with Crippen LogP contribution in [0.2, 0.25) is 12.6 Å². The van der Waals surface area contributed by atoms with Crippen LogP contribution in [0.25, 0.3) is 0 Å². The van der Waals surface area contributed by atoms with E-state index in [0.717, 1.165) is 23.6 Å². The number of allylic oxidation sites excluding steroid dienone is 2. The highest BCUT2D eigenvalue weighted by atomic mass is 14.6. The van der Waals surface area contributed by atoms with Gasteiger partial charge >= 0.3 is 0 Å². The van der Waals surface area contributed by atoms with Crippen molar-refractivity contribution in [3.8, 4) is 0 Å². The second kappa shape index (κ2) is 2.90.